The van der Waals surface area contributed by atoms with Crippen LogP contribution in [-0.4, -0.2) is 29.8 Å². The van der Waals surface area contributed by atoms with Crippen molar-refractivity contribution >= 4 is 23.4 Å². The van der Waals surface area contributed by atoms with E-state index < -0.39 is 0 Å². The second-order valence-electron chi connectivity index (χ2n) is 5.90. The normalized spacial score (nSPS) is 10.3. The van der Waals surface area contributed by atoms with Gasteiger partial charge >= 0.3 is 0 Å². The van der Waals surface area contributed by atoms with Crippen molar-refractivity contribution in [1.82, 2.24) is 10.2 Å². The summed E-state index contributed by atoms with van der Waals surface area (Å²) in [5.74, 6) is -0.0923. The summed E-state index contributed by atoms with van der Waals surface area (Å²) in [5, 5.41) is 3.57. The van der Waals surface area contributed by atoms with Gasteiger partial charge in [0.05, 0.1) is 0 Å². The summed E-state index contributed by atoms with van der Waals surface area (Å²) in [6.45, 7) is 2.99. The van der Waals surface area contributed by atoms with Gasteiger partial charge in [0.25, 0.3) is 0 Å². The van der Waals surface area contributed by atoms with Gasteiger partial charge in [0.1, 0.15) is 0 Å². The molecule has 1 N–H and O–H groups in total. The molecule has 0 bridgehead atoms. The molecule has 5 heteroatoms. The van der Waals surface area contributed by atoms with Crippen LogP contribution in [0, 0.1) is 0 Å². The van der Waals surface area contributed by atoms with E-state index in [4.69, 9.17) is 11.6 Å². The highest BCUT2D eigenvalue weighted by atomic mass is 35.5. The lowest BCUT2D eigenvalue weighted by molar-refractivity contribution is -0.130. The predicted molar refractivity (Wildman–Crippen MR) is 100 cm³/mol. The molecule has 0 aromatic heterocycles. The van der Waals surface area contributed by atoms with Crippen molar-refractivity contribution in [2.45, 2.75) is 26.3 Å². The van der Waals surface area contributed by atoms with E-state index in [-0.39, 0.29) is 11.8 Å². The predicted octanol–water partition coefficient (Wildman–Crippen LogP) is 3.44. The second-order valence-corrected chi connectivity index (χ2v) is 6.34. The highest BCUT2D eigenvalue weighted by Gasteiger charge is 2.11. The van der Waals surface area contributed by atoms with Crippen LogP contribution in [0.25, 0.3) is 0 Å². The molecule has 0 atom stereocenters. The Hall–Kier alpha value is -2.33. The van der Waals surface area contributed by atoms with Crippen LogP contribution in [0.2, 0.25) is 5.02 Å². The number of benzene rings is 2. The highest BCUT2D eigenvalue weighted by molar-refractivity contribution is 6.30. The van der Waals surface area contributed by atoms with Crippen LogP contribution in [0.4, 0.5) is 0 Å². The molecule has 2 amide bonds. The van der Waals surface area contributed by atoms with Gasteiger partial charge in [0.2, 0.25) is 11.8 Å². The highest BCUT2D eigenvalue weighted by Crippen LogP contribution is 2.12. The van der Waals surface area contributed by atoms with Crippen LogP contribution < -0.4 is 5.32 Å². The second kappa shape index (κ2) is 9.84. The summed E-state index contributed by atoms with van der Waals surface area (Å²) < 4.78 is 0. The number of halogens is 1. The van der Waals surface area contributed by atoms with Crippen molar-refractivity contribution in [1.29, 1.82) is 0 Å². The molecule has 0 heterocycles. The molecule has 0 spiro atoms. The van der Waals surface area contributed by atoms with E-state index in [0.717, 1.165) is 12.0 Å². The van der Waals surface area contributed by atoms with Crippen LogP contribution in [0.5, 0.6) is 0 Å². The minimum atomic E-state index is -0.0490. The Morgan fingerprint density at radius 3 is 2.32 bits per heavy atom. The maximum Gasteiger partial charge on any atom is 0.221 e. The summed E-state index contributed by atoms with van der Waals surface area (Å²) in [4.78, 5) is 25.5. The Morgan fingerprint density at radius 2 is 1.68 bits per heavy atom. The average molecular weight is 359 g/mol. The van der Waals surface area contributed by atoms with Crippen molar-refractivity contribution in [3.8, 4) is 0 Å². The molecule has 2 aromatic rings. The molecule has 4 nitrogen and oxygen atoms in total. The number of amides is 2. The zero-order valence-corrected chi connectivity index (χ0v) is 15.1. The lowest BCUT2D eigenvalue weighted by Gasteiger charge is -2.21. The Kier molecular flexibility index (Phi) is 7.48. The fraction of sp³-hybridized carbons (Fsp3) is 0.300. The van der Waals surface area contributed by atoms with Gasteiger partial charge in [-0.15, -0.1) is 0 Å². The van der Waals surface area contributed by atoms with Gasteiger partial charge < -0.3 is 10.2 Å². The SMILES string of the molecule is CC(=O)N(CCC(=O)NCCc1ccccc1)Cc1ccc(Cl)cc1. The Labute approximate surface area is 153 Å². The molecule has 0 saturated carbocycles. The summed E-state index contributed by atoms with van der Waals surface area (Å²) in [6, 6.07) is 17.4. The number of carbonyl (C=O) groups is 2. The van der Waals surface area contributed by atoms with Crippen molar-refractivity contribution in [3.05, 3.63) is 70.7 Å². The van der Waals surface area contributed by atoms with Crippen molar-refractivity contribution < 1.29 is 9.59 Å². The van der Waals surface area contributed by atoms with Crippen LogP contribution in [0.3, 0.4) is 0 Å². The van der Waals surface area contributed by atoms with Gasteiger partial charge in [-0.1, -0.05) is 54.1 Å². The maximum absolute atomic E-state index is 12.0. The smallest absolute Gasteiger partial charge is 0.221 e. The van der Waals surface area contributed by atoms with Gasteiger partial charge in [-0.3, -0.25) is 9.59 Å². The first-order valence-corrected chi connectivity index (χ1v) is 8.73. The first kappa shape index (κ1) is 19.0. The van der Waals surface area contributed by atoms with E-state index in [1.165, 1.54) is 12.5 Å². The third kappa shape index (κ3) is 6.98. The monoisotopic (exact) mass is 358 g/mol. The molecular weight excluding hydrogens is 336 g/mol. The minimum Gasteiger partial charge on any atom is -0.356 e. The largest absolute Gasteiger partial charge is 0.356 e. The summed E-state index contributed by atoms with van der Waals surface area (Å²) >= 11 is 5.87. The van der Waals surface area contributed by atoms with Crippen LogP contribution >= 0.6 is 11.6 Å². The number of carbonyl (C=O) groups excluding carboxylic acids is 2. The van der Waals surface area contributed by atoms with Crippen molar-refractivity contribution in [3.63, 3.8) is 0 Å². The lowest BCUT2D eigenvalue weighted by Crippen LogP contribution is -2.34. The van der Waals surface area contributed by atoms with E-state index >= 15 is 0 Å². The number of hydrogen-bond acceptors (Lipinski definition) is 2. The lowest BCUT2D eigenvalue weighted by atomic mass is 10.1. The van der Waals surface area contributed by atoms with E-state index in [2.05, 4.69) is 5.32 Å². The Balaban J connectivity index is 1.75. The third-order valence-electron chi connectivity index (χ3n) is 3.92. The number of nitrogens with one attached hydrogen (secondary N) is 1. The molecule has 0 aliphatic rings. The molecule has 25 heavy (non-hydrogen) atoms. The molecule has 132 valence electrons. The van der Waals surface area contributed by atoms with E-state index in [9.17, 15) is 9.59 Å². The molecule has 2 aromatic carbocycles. The molecule has 0 saturated heterocycles. The van der Waals surface area contributed by atoms with Gasteiger partial charge in [-0.05, 0) is 29.7 Å². The summed E-state index contributed by atoms with van der Waals surface area (Å²) in [7, 11) is 0. The Bertz CT molecular complexity index is 687. The standard InChI is InChI=1S/C20H23ClN2O2/c1-16(24)23(15-18-7-9-19(21)10-8-18)14-12-20(25)22-13-11-17-5-3-2-4-6-17/h2-10H,11-15H2,1H3,(H,22,25). The summed E-state index contributed by atoms with van der Waals surface area (Å²) in [5.41, 5.74) is 2.18. The van der Waals surface area contributed by atoms with Gasteiger partial charge in [0.15, 0.2) is 0 Å². The number of nitrogens with zero attached hydrogens (tertiary/aromatic N) is 1. The zero-order valence-electron chi connectivity index (χ0n) is 14.4. The molecule has 0 fully saturated rings. The maximum atomic E-state index is 12.0. The minimum absolute atomic E-state index is 0.0433. The van der Waals surface area contributed by atoms with Gasteiger partial charge in [-0.2, -0.15) is 0 Å². The van der Waals surface area contributed by atoms with Gasteiger partial charge in [-0.25, -0.2) is 0 Å². The third-order valence-corrected chi connectivity index (χ3v) is 4.17. The van der Waals surface area contributed by atoms with Crippen LogP contribution in [0.15, 0.2) is 54.6 Å². The zero-order chi connectivity index (χ0) is 18.1. The van der Waals surface area contributed by atoms with Crippen molar-refractivity contribution in [2.24, 2.45) is 0 Å². The van der Waals surface area contributed by atoms with Crippen molar-refractivity contribution in [2.75, 3.05) is 13.1 Å². The van der Waals surface area contributed by atoms with Crippen LogP contribution in [-0.2, 0) is 22.6 Å². The molecule has 0 aliphatic heterocycles. The Morgan fingerprint density at radius 1 is 1.00 bits per heavy atom. The first-order valence-electron chi connectivity index (χ1n) is 8.35. The first-order chi connectivity index (χ1) is 12.0. The molecule has 0 aliphatic carbocycles. The average Bonchev–Trinajstić information content (AvgIpc) is 2.61. The topological polar surface area (TPSA) is 49.4 Å². The molecule has 0 radical (unpaired) electrons. The van der Waals surface area contributed by atoms with Crippen LogP contribution in [0.1, 0.15) is 24.5 Å². The van der Waals surface area contributed by atoms with E-state index in [0.29, 0.717) is 31.1 Å². The fourth-order valence-corrected chi connectivity index (χ4v) is 2.60. The van der Waals surface area contributed by atoms with E-state index in [1.54, 1.807) is 17.0 Å². The molecule has 2 rings (SSSR count). The molecular formula is C20H23ClN2O2. The number of rotatable bonds is 8. The summed E-state index contributed by atoms with van der Waals surface area (Å²) in [6.07, 6.45) is 1.09. The van der Waals surface area contributed by atoms with Gasteiger partial charge in [0, 0.05) is 38.0 Å². The fourth-order valence-electron chi connectivity index (χ4n) is 2.47. The quantitative estimate of drug-likeness (QED) is 0.785. The van der Waals surface area contributed by atoms with E-state index in [1.807, 2.05) is 42.5 Å². The number of hydrogen-bond donors (Lipinski definition) is 1. The molecule has 0 unspecified atom stereocenters.